The van der Waals surface area contributed by atoms with Crippen molar-refractivity contribution in [2.24, 2.45) is 5.92 Å². The molecule has 0 heterocycles. The molecule has 6 heteroatoms. The Morgan fingerprint density at radius 3 is 2.74 bits per heavy atom. The molecule has 2 unspecified atom stereocenters. The molecule has 4 nitrogen and oxygen atoms in total. The molecular formula is C13H18FNO3S. The van der Waals surface area contributed by atoms with E-state index in [9.17, 15) is 17.9 Å². The monoisotopic (exact) mass is 287 g/mol. The van der Waals surface area contributed by atoms with Gasteiger partial charge in [-0.05, 0) is 37.0 Å². The Morgan fingerprint density at radius 2 is 2.05 bits per heavy atom. The molecule has 106 valence electrons. The lowest BCUT2D eigenvalue weighted by atomic mass is 9.87. The first-order chi connectivity index (χ1) is 8.99. The number of benzene rings is 1. The molecule has 2 rings (SSSR count). The van der Waals surface area contributed by atoms with Gasteiger partial charge in [-0.3, -0.25) is 0 Å². The van der Waals surface area contributed by atoms with Crippen LogP contribution in [0.5, 0.6) is 0 Å². The van der Waals surface area contributed by atoms with Crippen LogP contribution in [0.25, 0.3) is 0 Å². The lowest BCUT2D eigenvalue weighted by Crippen LogP contribution is -2.36. The van der Waals surface area contributed by atoms with E-state index >= 15 is 0 Å². The molecule has 1 aromatic rings. The zero-order valence-electron chi connectivity index (χ0n) is 10.5. The Labute approximate surface area is 112 Å². The second kappa shape index (κ2) is 5.98. The van der Waals surface area contributed by atoms with Crippen LogP contribution >= 0.6 is 0 Å². The molecule has 2 N–H and O–H groups in total. The standard InChI is InChI=1S/C13H18FNO3S/c14-11-5-3-6-12(8-11)19(17,18)15-9-10-4-1-2-7-13(10)16/h3,5-6,8,10,13,15-16H,1-2,4,7,9H2. The van der Waals surface area contributed by atoms with Crippen LogP contribution in [-0.4, -0.2) is 26.2 Å². The zero-order chi connectivity index (χ0) is 13.9. The second-order valence-electron chi connectivity index (χ2n) is 4.92. The van der Waals surface area contributed by atoms with Crippen LogP contribution in [0.4, 0.5) is 4.39 Å². The molecule has 1 aliphatic carbocycles. The van der Waals surface area contributed by atoms with Crippen LogP contribution < -0.4 is 4.72 Å². The number of hydrogen-bond donors (Lipinski definition) is 2. The van der Waals surface area contributed by atoms with Crippen LogP contribution in [0.15, 0.2) is 29.2 Å². The number of aliphatic hydroxyl groups is 1. The minimum absolute atomic E-state index is 0.0583. The molecule has 1 fully saturated rings. The van der Waals surface area contributed by atoms with Crippen LogP contribution in [0.1, 0.15) is 25.7 Å². The van der Waals surface area contributed by atoms with E-state index in [0.29, 0.717) is 6.42 Å². The topological polar surface area (TPSA) is 66.4 Å². The van der Waals surface area contributed by atoms with Crippen LogP contribution in [0, 0.1) is 11.7 Å². The molecule has 1 aliphatic rings. The van der Waals surface area contributed by atoms with E-state index in [2.05, 4.69) is 4.72 Å². The third-order valence-electron chi connectivity index (χ3n) is 3.51. The average molecular weight is 287 g/mol. The minimum atomic E-state index is -3.71. The molecule has 1 aromatic carbocycles. The summed E-state index contributed by atoms with van der Waals surface area (Å²) >= 11 is 0. The van der Waals surface area contributed by atoms with Crippen molar-refractivity contribution in [2.75, 3.05) is 6.54 Å². The molecular weight excluding hydrogens is 269 g/mol. The molecule has 0 aromatic heterocycles. The molecule has 0 bridgehead atoms. The van der Waals surface area contributed by atoms with Gasteiger partial charge in [-0.25, -0.2) is 17.5 Å². The van der Waals surface area contributed by atoms with Gasteiger partial charge in [0.1, 0.15) is 5.82 Å². The first-order valence-electron chi connectivity index (χ1n) is 6.42. The molecule has 19 heavy (non-hydrogen) atoms. The maximum absolute atomic E-state index is 13.0. The quantitative estimate of drug-likeness (QED) is 0.885. The highest BCUT2D eigenvalue weighted by Crippen LogP contribution is 2.24. The Balaban J connectivity index is 2.01. The largest absolute Gasteiger partial charge is 0.393 e. The fraction of sp³-hybridized carbons (Fsp3) is 0.538. The van der Waals surface area contributed by atoms with Crippen molar-refractivity contribution in [3.05, 3.63) is 30.1 Å². The number of nitrogens with one attached hydrogen (secondary N) is 1. The predicted molar refractivity (Wildman–Crippen MR) is 69.6 cm³/mol. The Kier molecular flexibility index (Phi) is 4.54. The molecule has 2 atom stereocenters. The van der Waals surface area contributed by atoms with Crippen molar-refractivity contribution in [3.63, 3.8) is 0 Å². The lowest BCUT2D eigenvalue weighted by Gasteiger charge is -2.27. The highest BCUT2D eigenvalue weighted by molar-refractivity contribution is 7.89. The number of aliphatic hydroxyl groups excluding tert-OH is 1. The van der Waals surface area contributed by atoms with Crippen LogP contribution in [-0.2, 0) is 10.0 Å². The summed E-state index contributed by atoms with van der Waals surface area (Å²) in [5.74, 6) is -0.641. The van der Waals surface area contributed by atoms with E-state index < -0.39 is 21.9 Å². The Bertz CT molecular complexity index is 532. The molecule has 0 saturated heterocycles. The van der Waals surface area contributed by atoms with Crippen molar-refractivity contribution in [1.82, 2.24) is 4.72 Å². The van der Waals surface area contributed by atoms with E-state index in [4.69, 9.17) is 0 Å². The fourth-order valence-corrected chi connectivity index (χ4v) is 3.49. The third-order valence-corrected chi connectivity index (χ3v) is 4.93. The summed E-state index contributed by atoms with van der Waals surface area (Å²) in [7, 11) is -3.71. The van der Waals surface area contributed by atoms with Gasteiger partial charge in [0.25, 0.3) is 0 Å². The average Bonchev–Trinajstić information content (AvgIpc) is 2.38. The summed E-state index contributed by atoms with van der Waals surface area (Å²) in [4.78, 5) is -0.0854. The van der Waals surface area contributed by atoms with Gasteiger partial charge in [-0.15, -0.1) is 0 Å². The van der Waals surface area contributed by atoms with Crippen molar-refractivity contribution in [1.29, 1.82) is 0 Å². The lowest BCUT2D eigenvalue weighted by molar-refractivity contribution is 0.0724. The van der Waals surface area contributed by atoms with Crippen molar-refractivity contribution in [2.45, 2.75) is 36.7 Å². The van der Waals surface area contributed by atoms with E-state index in [-0.39, 0.29) is 17.4 Å². The fourth-order valence-electron chi connectivity index (χ4n) is 2.36. The summed E-state index contributed by atoms with van der Waals surface area (Å²) in [6.07, 6.45) is 3.06. The van der Waals surface area contributed by atoms with Gasteiger partial charge in [0.2, 0.25) is 10.0 Å². The number of hydrogen-bond acceptors (Lipinski definition) is 3. The van der Waals surface area contributed by atoms with E-state index in [1.807, 2.05) is 0 Å². The smallest absolute Gasteiger partial charge is 0.240 e. The van der Waals surface area contributed by atoms with Gasteiger partial charge < -0.3 is 5.11 Å². The van der Waals surface area contributed by atoms with Gasteiger partial charge >= 0.3 is 0 Å². The Hall–Kier alpha value is -0.980. The van der Waals surface area contributed by atoms with Crippen molar-refractivity contribution < 1.29 is 17.9 Å². The van der Waals surface area contributed by atoms with Crippen LogP contribution in [0.3, 0.4) is 0 Å². The minimum Gasteiger partial charge on any atom is -0.393 e. The maximum atomic E-state index is 13.0. The first-order valence-corrected chi connectivity index (χ1v) is 7.90. The Morgan fingerprint density at radius 1 is 1.32 bits per heavy atom. The molecule has 0 radical (unpaired) electrons. The summed E-state index contributed by atoms with van der Waals surface area (Å²) < 4.78 is 39.4. The second-order valence-corrected chi connectivity index (χ2v) is 6.69. The van der Waals surface area contributed by atoms with Crippen molar-refractivity contribution in [3.8, 4) is 0 Å². The van der Waals surface area contributed by atoms with Gasteiger partial charge in [-0.2, -0.15) is 0 Å². The summed E-state index contributed by atoms with van der Waals surface area (Å²) in [6, 6.07) is 4.89. The summed E-state index contributed by atoms with van der Waals surface area (Å²) in [5, 5.41) is 9.79. The third kappa shape index (κ3) is 3.75. The number of rotatable bonds is 4. The zero-order valence-corrected chi connectivity index (χ0v) is 11.4. The van der Waals surface area contributed by atoms with Crippen molar-refractivity contribution >= 4 is 10.0 Å². The SMILES string of the molecule is O=S(=O)(NCC1CCCCC1O)c1cccc(F)c1. The summed E-state index contributed by atoms with van der Waals surface area (Å²) in [6.45, 7) is 0.194. The van der Waals surface area contributed by atoms with Gasteiger partial charge in [0.15, 0.2) is 0 Å². The number of sulfonamides is 1. The number of halogens is 1. The molecule has 0 spiro atoms. The molecule has 0 aliphatic heterocycles. The van der Waals surface area contributed by atoms with Gasteiger partial charge in [0, 0.05) is 6.54 Å². The highest BCUT2D eigenvalue weighted by Gasteiger charge is 2.25. The van der Waals surface area contributed by atoms with E-state index in [0.717, 1.165) is 25.3 Å². The highest BCUT2D eigenvalue weighted by atomic mass is 32.2. The van der Waals surface area contributed by atoms with Gasteiger partial charge in [0.05, 0.1) is 11.0 Å². The molecule has 0 amide bonds. The first kappa shape index (κ1) is 14.4. The van der Waals surface area contributed by atoms with E-state index in [1.165, 1.54) is 18.2 Å². The normalized spacial score (nSPS) is 24.3. The van der Waals surface area contributed by atoms with Crippen LogP contribution in [0.2, 0.25) is 0 Å². The predicted octanol–water partition coefficient (Wildman–Crippen LogP) is 1.66. The maximum Gasteiger partial charge on any atom is 0.240 e. The molecule has 1 saturated carbocycles. The summed E-state index contributed by atoms with van der Waals surface area (Å²) in [5.41, 5.74) is 0. The van der Waals surface area contributed by atoms with E-state index in [1.54, 1.807) is 0 Å². The van der Waals surface area contributed by atoms with Gasteiger partial charge in [-0.1, -0.05) is 18.9 Å².